The number of nitrogens with zero attached hydrogens (tertiary/aromatic N) is 3. The lowest BCUT2D eigenvalue weighted by molar-refractivity contribution is -0.155. The highest BCUT2D eigenvalue weighted by Gasteiger charge is 2.37. The predicted molar refractivity (Wildman–Crippen MR) is 115 cm³/mol. The molecule has 32 heavy (non-hydrogen) atoms. The monoisotopic (exact) mass is 495 g/mol. The topological polar surface area (TPSA) is 75.9 Å². The second-order valence-electron chi connectivity index (χ2n) is 8.08. The molecule has 0 N–H and O–H groups in total. The standard InChI is InChI=1S/C20H28F3N3O4S2/c1-14(2)29-12-4-9-25(3)15-7-10-26(11-8-15)32(27,28)19-6-5-17(31-19)16-13-18(30-24-16)20(21,22)23/h5-6,13-15H,4,7-12H2,1-3H3. The lowest BCUT2D eigenvalue weighted by Crippen LogP contribution is -2.45. The van der Waals surface area contributed by atoms with Gasteiger partial charge in [-0.15, -0.1) is 11.3 Å². The van der Waals surface area contributed by atoms with Crippen molar-refractivity contribution in [3.05, 3.63) is 24.0 Å². The average molecular weight is 496 g/mol. The van der Waals surface area contributed by atoms with E-state index in [0.717, 1.165) is 43.2 Å². The van der Waals surface area contributed by atoms with Gasteiger partial charge < -0.3 is 14.2 Å². The number of rotatable bonds is 9. The lowest BCUT2D eigenvalue weighted by Gasteiger charge is -2.36. The van der Waals surface area contributed by atoms with Crippen molar-refractivity contribution in [2.45, 2.75) is 55.6 Å². The van der Waals surface area contributed by atoms with Crippen molar-refractivity contribution >= 4 is 21.4 Å². The summed E-state index contributed by atoms with van der Waals surface area (Å²) in [5.74, 6) is -1.22. The molecule has 1 aliphatic rings. The molecule has 1 aliphatic heterocycles. The molecule has 1 fully saturated rings. The number of thiophene rings is 1. The van der Waals surface area contributed by atoms with E-state index in [-0.39, 0.29) is 16.0 Å². The van der Waals surface area contributed by atoms with E-state index in [9.17, 15) is 21.6 Å². The van der Waals surface area contributed by atoms with Gasteiger partial charge in [-0.2, -0.15) is 17.5 Å². The molecule has 180 valence electrons. The van der Waals surface area contributed by atoms with Crippen LogP contribution in [-0.4, -0.2) is 68.2 Å². The first-order chi connectivity index (χ1) is 15.0. The van der Waals surface area contributed by atoms with Gasteiger partial charge in [0, 0.05) is 38.3 Å². The Kier molecular flexibility index (Phi) is 8.02. The van der Waals surface area contributed by atoms with Crippen molar-refractivity contribution in [3.8, 4) is 10.6 Å². The van der Waals surface area contributed by atoms with Crippen molar-refractivity contribution in [1.82, 2.24) is 14.4 Å². The van der Waals surface area contributed by atoms with Gasteiger partial charge in [0.25, 0.3) is 10.0 Å². The number of aromatic nitrogens is 1. The highest BCUT2D eigenvalue weighted by atomic mass is 32.2. The van der Waals surface area contributed by atoms with Gasteiger partial charge in [0.1, 0.15) is 9.90 Å². The molecular weight excluding hydrogens is 467 g/mol. The molecule has 1 saturated heterocycles. The fraction of sp³-hybridized carbons (Fsp3) is 0.650. The molecule has 0 radical (unpaired) electrons. The van der Waals surface area contributed by atoms with Crippen LogP contribution in [0.25, 0.3) is 10.6 Å². The van der Waals surface area contributed by atoms with Crippen LogP contribution in [0.15, 0.2) is 26.9 Å². The Bertz CT molecular complexity index is 980. The van der Waals surface area contributed by atoms with E-state index < -0.39 is 22.0 Å². The molecule has 0 saturated carbocycles. The first-order valence-corrected chi connectivity index (χ1v) is 12.7. The van der Waals surface area contributed by atoms with Crippen LogP contribution in [0.3, 0.4) is 0 Å². The third kappa shape index (κ3) is 6.10. The third-order valence-electron chi connectivity index (χ3n) is 5.37. The maximum Gasteiger partial charge on any atom is 0.452 e. The fourth-order valence-electron chi connectivity index (χ4n) is 3.59. The Morgan fingerprint density at radius 1 is 1.31 bits per heavy atom. The minimum absolute atomic E-state index is 0.0365. The summed E-state index contributed by atoms with van der Waals surface area (Å²) in [4.78, 5) is 2.56. The molecule has 0 bridgehead atoms. The van der Waals surface area contributed by atoms with Crippen LogP contribution in [0.2, 0.25) is 0 Å². The van der Waals surface area contributed by atoms with Crippen molar-refractivity contribution in [1.29, 1.82) is 0 Å². The summed E-state index contributed by atoms with van der Waals surface area (Å²) >= 11 is 0.890. The summed E-state index contributed by atoms with van der Waals surface area (Å²) in [6.45, 7) is 6.39. The largest absolute Gasteiger partial charge is 0.452 e. The third-order valence-corrected chi connectivity index (χ3v) is 8.84. The summed E-state index contributed by atoms with van der Waals surface area (Å²) in [7, 11) is -1.67. The van der Waals surface area contributed by atoms with E-state index in [1.165, 1.54) is 16.4 Å². The Hall–Kier alpha value is -1.47. The smallest absolute Gasteiger partial charge is 0.379 e. The summed E-state index contributed by atoms with van der Waals surface area (Å²) in [5, 5.41) is 3.42. The Morgan fingerprint density at radius 3 is 2.59 bits per heavy atom. The number of hydrogen-bond donors (Lipinski definition) is 0. The van der Waals surface area contributed by atoms with Crippen LogP contribution >= 0.6 is 11.3 Å². The molecule has 7 nitrogen and oxygen atoms in total. The molecule has 0 spiro atoms. The van der Waals surface area contributed by atoms with Crippen LogP contribution in [0.5, 0.6) is 0 Å². The number of hydrogen-bond acceptors (Lipinski definition) is 7. The van der Waals surface area contributed by atoms with Gasteiger partial charge in [0.05, 0.1) is 11.0 Å². The maximum absolute atomic E-state index is 13.0. The van der Waals surface area contributed by atoms with E-state index in [4.69, 9.17) is 4.74 Å². The normalized spacial score (nSPS) is 17.0. The average Bonchev–Trinajstić information content (AvgIpc) is 3.40. The van der Waals surface area contributed by atoms with Crippen molar-refractivity contribution < 1.29 is 30.8 Å². The van der Waals surface area contributed by atoms with Gasteiger partial charge in [-0.25, -0.2) is 8.42 Å². The molecule has 3 rings (SSSR count). The van der Waals surface area contributed by atoms with Gasteiger partial charge in [-0.05, 0) is 52.3 Å². The van der Waals surface area contributed by atoms with Gasteiger partial charge in [-0.3, -0.25) is 0 Å². The Morgan fingerprint density at radius 2 is 2.00 bits per heavy atom. The zero-order valence-corrected chi connectivity index (χ0v) is 19.9. The minimum Gasteiger partial charge on any atom is -0.379 e. The number of ether oxygens (including phenoxy) is 1. The highest BCUT2D eigenvalue weighted by molar-refractivity contribution is 7.91. The van der Waals surface area contributed by atoms with E-state index >= 15 is 0 Å². The summed E-state index contributed by atoms with van der Waals surface area (Å²) in [6.07, 6.45) is -2.07. The van der Waals surface area contributed by atoms with E-state index in [2.05, 4.69) is 14.6 Å². The number of alkyl halides is 3. The van der Waals surface area contributed by atoms with Crippen molar-refractivity contribution in [3.63, 3.8) is 0 Å². The van der Waals surface area contributed by atoms with E-state index in [1.807, 2.05) is 20.9 Å². The lowest BCUT2D eigenvalue weighted by atomic mass is 10.1. The molecule has 3 heterocycles. The number of piperidine rings is 1. The minimum atomic E-state index is -4.64. The fourth-order valence-corrected chi connectivity index (χ4v) is 6.47. The van der Waals surface area contributed by atoms with Crippen LogP contribution < -0.4 is 0 Å². The molecule has 12 heteroatoms. The van der Waals surface area contributed by atoms with Crippen LogP contribution in [0.4, 0.5) is 13.2 Å². The zero-order chi connectivity index (χ0) is 23.5. The Balaban J connectivity index is 1.57. The first kappa shape index (κ1) is 25.2. The second-order valence-corrected chi connectivity index (χ2v) is 11.3. The molecule has 0 amide bonds. The Labute approximate surface area is 190 Å². The van der Waals surface area contributed by atoms with Crippen LogP contribution in [0.1, 0.15) is 38.9 Å². The molecule has 0 aliphatic carbocycles. The molecule has 0 unspecified atom stereocenters. The second kappa shape index (κ2) is 10.2. The summed E-state index contributed by atoms with van der Waals surface area (Å²) in [5.41, 5.74) is -0.0365. The highest BCUT2D eigenvalue weighted by Crippen LogP contribution is 2.36. The molecule has 2 aromatic rings. The van der Waals surface area contributed by atoms with Crippen molar-refractivity contribution in [2.75, 3.05) is 33.3 Å². The summed E-state index contributed by atoms with van der Waals surface area (Å²) < 4.78 is 75.6. The quantitative estimate of drug-likeness (QED) is 0.483. The summed E-state index contributed by atoms with van der Waals surface area (Å²) in [6, 6.07) is 3.94. The van der Waals surface area contributed by atoms with Gasteiger partial charge in [-0.1, -0.05) is 5.16 Å². The van der Waals surface area contributed by atoms with Crippen molar-refractivity contribution in [2.24, 2.45) is 0 Å². The van der Waals surface area contributed by atoms with Crippen LogP contribution in [-0.2, 0) is 20.9 Å². The number of sulfonamides is 1. The first-order valence-electron chi connectivity index (χ1n) is 10.4. The van der Waals surface area contributed by atoms with Gasteiger partial charge >= 0.3 is 6.18 Å². The zero-order valence-electron chi connectivity index (χ0n) is 18.3. The number of halogens is 3. The predicted octanol–water partition coefficient (Wildman–Crippen LogP) is 4.32. The molecule has 2 aromatic heterocycles. The van der Waals surface area contributed by atoms with E-state index in [1.54, 1.807) is 0 Å². The SMILES string of the molecule is CC(C)OCCCN(C)C1CCN(S(=O)(=O)c2ccc(-c3cc(C(F)(F)F)on3)s2)CC1. The molecule has 0 atom stereocenters. The van der Waals surface area contributed by atoms with Gasteiger partial charge in [0.2, 0.25) is 5.76 Å². The van der Waals surface area contributed by atoms with Crippen LogP contribution in [0, 0.1) is 0 Å². The molecule has 0 aromatic carbocycles. The maximum atomic E-state index is 13.0. The van der Waals surface area contributed by atoms with E-state index in [0.29, 0.717) is 30.6 Å². The molecular formula is C20H28F3N3O4S2. The van der Waals surface area contributed by atoms with Gasteiger partial charge in [0.15, 0.2) is 0 Å².